The Morgan fingerprint density at radius 3 is 2.28 bits per heavy atom. The van der Waals surface area contributed by atoms with E-state index in [1.54, 1.807) is 55.6 Å². The van der Waals surface area contributed by atoms with Gasteiger partial charge in [0.1, 0.15) is 5.75 Å². The molecule has 29 heavy (non-hydrogen) atoms. The Morgan fingerprint density at radius 1 is 0.862 bits per heavy atom. The lowest BCUT2D eigenvalue weighted by Gasteiger charge is -2.06. The number of anilines is 2. The molecule has 0 radical (unpaired) electrons. The summed E-state index contributed by atoms with van der Waals surface area (Å²) in [4.78, 5) is 29.1. The highest BCUT2D eigenvalue weighted by molar-refractivity contribution is 7.22. The summed E-state index contributed by atoms with van der Waals surface area (Å²) >= 11 is 1.38. The fourth-order valence-electron chi connectivity index (χ4n) is 2.75. The van der Waals surface area contributed by atoms with E-state index < -0.39 is 0 Å². The summed E-state index contributed by atoms with van der Waals surface area (Å²) in [5.74, 6) is 0.275. The molecule has 0 aliphatic heterocycles. The van der Waals surface area contributed by atoms with Gasteiger partial charge in [-0.3, -0.25) is 14.9 Å². The lowest BCUT2D eigenvalue weighted by Crippen LogP contribution is -2.13. The second kappa shape index (κ2) is 8.12. The van der Waals surface area contributed by atoms with Crippen LogP contribution in [0, 0.1) is 0 Å². The van der Waals surface area contributed by atoms with Gasteiger partial charge in [0.25, 0.3) is 11.8 Å². The molecular formula is C22H17N3O3S. The Bertz CT molecular complexity index is 1170. The Kier molecular flexibility index (Phi) is 5.22. The van der Waals surface area contributed by atoms with Crippen molar-refractivity contribution in [1.82, 2.24) is 4.98 Å². The van der Waals surface area contributed by atoms with Crippen LogP contribution < -0.4 is 15.4 Å². The van der Waals surface area contributed by atoms with E-state index in [0.29, 0.717) is 21.9 Å². The number of carbonyl (C=O) groups excluding carboxylic acids is 2. The largest absolute Gasteiger partial charge is 0.497 e. The van der Waals surface area contributed by atoms with Crippen LogP contribution in [0.1, 0.15) is 20.7 Å². The summed E-state index contributed by atoms with van der Waals surface area (Å²) in [7, 11) is 1.61. The van der Waals surface area contributed by atoms with Crippen LogP contribution in [-0.2, 0) is 0 Å². The summed E-state index contributed by atoms with van der Waals surface area (Å²) < 4.78 is 6.14. The molecule has 3 aromatic carbocycles. The van der Waals surface area contributed by atoms with Gasteiger partial charge >= 0.3 is 0 Å². The zero-order valence-electron chi connectivity index (χ0n) is 15.5. The van der Waals surface area contributed by atoms with E-state index >= 15 is 0 Å². The third kappa shape index (κ3) is 4.25. The molecule has 144 valence electrons. The van der Waals surface area contributed by atoms with Crippen molar-refractivity contribution in [3.63, 3.8) is 0 Å². The van der Waals surface area contributed by atoms with Gasteiger partial charge in [-0.2, -0.15) is 0 Å². The van der Waals surface area contributed by atoms with Gasteiger partial charge in [-0.25, -0.2) is 4.98 Å². The van der Waals surface area contributed by atoms with E-state index in [9.17, 15) is 9.59 Å². The van der Waals surface area contributed by atoms with E-state index in [2.05, 4.69) is 15.6 Å². The first-order valence-electron chi connectivity index (χ1n) is 8.85. The zero-order valence-corrected chi connectivity index (χ0v) is 16.3. The van der Waals surface area contributed by atoms with Gasteiger partial charge < -0.3 is 10.1 Å². The monoisotopic (exact) mass is 403 g/mol. The van der Waals surface area contributed by atoms with E-state index in [0.717, 1.165) is 16.0 Å². The molecule has 4 rings (SSSR count). The lowest BCUT2D eigenvalue weighted by atomic mass is 10.1. The van der Waals surface area contributed by atoms with Crippen molar-refractivity contribution in [1.29, 1.82) is 0 Å². The topological polar surface area (TPSA) is 80.3 Å². The molecule has 0 aliphatic carbocycles. The maximum Gasteiger partial charge on any atom is 0.257 e. The molecule has 4 aromatic rings. The minimum Gasteiger partial charge on any atom is -0.497 e. The maximum atomic E-state index is 12.5. The summed E-state index contributed by atoms with van der Waals surface area (Å²) in [6.07, 6.45) is 0. The third-order valence-electron chi connectivity index (χ3n) is 4.26. The first kappa shape index (κ1) is 18.6. The first-order valence-corrected chi connectivity index (χ1v) is 9.66. The van der Waals surface area contributed by atoms with Crippen molar-refractivity contribution in [2.45, 2.75) is 0 Å². The van der Waals surface area contributed by atoms with Crippen molar-refractivity contribution in [2.75, 3.05) is 17.7 Å². The number of nitrogens with one attached hydrogen (secondary N) is 2. The van der Waals surface area contributed by atoms with Crippen LogP contribution in [-0.4, -0.2) is 23.9 Å². The summed E-state index contributed by atoms with van der Waals surface area (Å²) in [5.41, 5.74) is 2.45. The molecule has 7 heteroatoms. The Labute approximate surface area is 171 Å². The van der Waals surface area contributed by atoms with Crippen LogP contribution in [0.5, 0.6) is 5.75 Å². The number of nitrogens with zero attached hydrogens (tertiary/aromatic N) is 1. The number of thiazole rings is 1. The number of aromatic nitrogens is 1. The number of hydrogen-bond donors (Lipinski definition) is 2. The summed E-state index contributed by atoms with van der Waals surface area (Å²) in [6, 6.07) is 21.2. The fraction of sp³-hybridized carbons (Fsp3) is 0.0455. The molecule has 2 N–H and O–H groups in total. The summed E-state index contributed by atoms with van der Waals surface area (Å²) in [6.45, 7) is 0. The molecule has 1 aromatic heterocycles. The van der Waals surface area contributed by atoms with Gasteiger partial charge in [0, 0.05) is 16.8 Å². The zero-order chi connectivity index (χ0) is 20.2. The van der Waals surface area contributed by atoms with Gasteiger partial charge in [0.2, 0.25) is 0 Å². The molecule has 0 fully saturated rings. The average molecular weight is 403 g/mol. The first-order chi connectivity index (χ1) is 14.1. The van der Waals surface area contributed by atoms with Crippen molar-refractivity contribution in [3.8, 4) is 5.75 Å². The summed E-state index contributed by atoms with van der Waals surface area (Å²) in [5, 5.41) is 6.13. The number of fused-ring (bicyclic) bond motifs is 1. The van der Waals surface area contributed by atoms with Crippen LogP contribution in [0.4, 0.5) is 10.8 Å². The molecule has 0 aliphatic rings. The molecule has 0 bridgehead atoms. The van der Waals surface area contributed by atoms with E-state index in [1.165, 1.54) is 11.3 Å². The highest BCUT2D eigenvalue weighted by Crippen LogP contribution is 2.29. The molecule has 6 nitrogen and oxygen atoms in total. The Balaban J connectivity index is 1.43. The predicted molar refractivity (Wildman–Crippen MR) is 115 cm³/mol. The van der Waals surface area contributed by atoms with Crippen molar-refractivity contribution < 1.29 is 14.3 Å². The third-order valence-corrected chi connectivity index (χ3v) is 5.19. The highest BCUT2D eigenvalue weighted by atomic mass is 32.1. The predicted octanol–water partition coefficient (Wildman–Crippen LogP) is 4.81. The standard InChI is InChI=1S/C22H17N3O3S/c1-28-17-11-12-18-19(13-17)29-22(24-18)25-21(27)15-7-9-16(10-8-15)23-20(26)14-5-3-2-4-6-14/h2-13H,1H3,(H,23,26)(H,24,25,27). The number of amides is 2. The quantitative estimate of drug-likeness (QED) is 0.501. The van der Waals surface area contributed by atoms with Gasteiger partial charge in [-0.05, 0) is 54.6 Å². The molecule has 0 saturated heterocycles. The molecule has 2 amide bonds. The number of methoxy groups -OCH3 is 1. The molecule has 0 spiro atoms. The van der Waals surface area contributed by atoms with E-state index in [1.807, 2.05) is 24.3 Å². The molecule has 0 unspecified atom stereocenters. The second-order valence-electron chi connectivity index (χ2n) is 6.20. The van der Waals surface area contributed by atoms with Crippen LogP contribution in [0.25, 0.3) is 10.2 Å². The minimum absolute atomic E-state index is 0.201. The number of carbonyl (C=O) groups is 2. The number of benzene rings is 3. The van der Waals surface area contributed by atoms with Crippen LogP contribution in [0.3, 0.4) is 0 Å². The van der Waals surface area contributed by atoms with Crippen LogP contribution in [0.15, 0.2) is 72.8 Å². The molecule has 1 heterocycles. The molecular weight excluding hydrogens is 386 g/mol. The molecule has 0 saturated carbocycles. The SMILES string of the molecule is COc1ccc2nc(NC(=O)c3ccc(NC(=O)c4ccccc4)cc3)sc2c1. The van der Waals surface area contributed by atoms with Crippen LogP contribution in [0.2, 0.25) is 0 Å². The average Bonchev–Trinajstić information content (AvgIpc) is 3.16. The van der Waals surface area contributed by atoms with E-state index in [-0.39, 0.29) is 11.8 Å². The van der Waals surface area contributed by atoms with E-state index in [4.69, 9.17) is 4.74 Å². The van der Waals surface area contributed by atoms with Gasteiger partial charge in [0.15, 0.2) is 5.13 Å². The van der Waals surface area contributed by atoms with Crippen LogP contribution >= 0.6 is 11.3 Å². The Morgan fingerprint density at radius 2 is 1.55 bits per heavy atom. The fourth-order valence-corrected chi connectivity index (χ4v) is 3.64. The van der Waals surface area contributed by atoms with Gasteiger partial charge in [-0.15, -0.1) is 0 Å². The second-order valence-corrected chi connectivity index (χ2v) is 7.23. The molecule has 0 atom stereocenters. The van der Waals surface area contributed by atoms with Crippen molar-refractivity contribution >= 4 is 44.2 Å². The smallest absolute Gasteiger partial charge is 0.257 e. The van der Waals surface area contributed by atoms with Gasteiger partial charge in [-0.1, -0.05) is 29.5 Å². The highest BCUT2D eigenvalue weighted by Gasteiger charge is 2.11. The van der Waals surface area contributed by atoms with Crippen molar-refractivity contribution in [2.24, 2.45) is 0 Å². The maximum absolute atomic E-state index is 12.5. The normalized spacial score (nSPS) is 10.5. The van der Waals surface area contributed by atoms with Gasteiger partial charge in [0.05, 0.1) is 17.3 Å². The lowest BCUT2D eigenvalue weighted by molar-refractivity contribution is 0.102. The Hall–Kier alpha value is -3.71. The minimum atomic E-state index is -0.267. The number of hydrogen-bond acceptors (Lipinski definition) is 5. The number of rotatable bonds is 5. The number of ether oxygens (including phenoxy) is 1. The van der Waals surface area contributed by atoms with Crippen molar-refractivity contribution in [3.05, 3.63) is 83.9 Å².